The highest BCUT2D eigenvalue weighted by molar-refractivity contribution is 9.10. The molecule has 0 saturated carbocycles. The molecule has 0 bridgehead atoms. The molecule has 0 spiro atoms. The number of halogens is 3. The number of hydrogen-bond acceptors (Lipinski definition) is 0. The van der Waals surface area contributed by atoms with Crippen molar-refractivity contribution < 1.29 is 8.78 Å². The van der Waals surface area contributed by atoms with Crippen molar-refractivity contribution in [2.45, 2.75) is 6.43 Å². The van der Waals surface area contributed by atoms with Gasteiger partial charge in [0.15, 0.2) is 0 Å². The highest BCUT2D eigenvalue weighted by atomic mass is 79.9. The van der Waals surface area contributed by atoms with Crippen molar-refractivity contribution in [3.63, 3.8) is 0 Å². The monoisotopic (exact) mass is 205 g/mol. The zero-order valence-electron chi connectivity index (χ0n) is 4.94. The molecule has 0 fully saturated rings. The summed E-state index contributed by atoms with van der Waals surface area (Å²) in [6, 6.07) is 6.87. The van der Waals surface area contributed by atoms with E-state index >= 15 is 0 Å². The summed E-state index contributed by atoms with van der Waals surface area (Å²) < 4.78 is 24.4. The topological polar surface area (TPSA) is 0 Å². The van der Waals surface area contributed by atoms with Gasteiger partial charge in [0.2, 0.25) is 0 Å². The maximum absolute atomic E-state index is 11.9. The van der Waals surface area contributed by atoms with Gasteiger partial charge in [-0.05, 0) is 12.1 Å². The molecule has 0 aliphatic rings. The Kier molecular flexibility index (Phi) is 2.38. The van der Waals surface area contributed by atoms with Gasteiger partial charge in [-0.2, -0.15) is 0 Å². The molecule has 10 heavy (non-hydrogen) atoms. The van der Waals surface area contributed by atoms with Gasteiger partial charge in [-0.1, -0.05) is 28.1 Å². The van der Waals surface area contributed by atoms with Crippen LogP contribution in [0.25, 0.3) is 0 Å². The summed E-state index contributed by atoms with van der Waals surface area (Å²) in [6.07, 6.45) is -2.40. The van der Waals surface area contributed by atoms with Crippen LogP contribution in [-0.2, 0) is 0 Å². The first-order valence-electron chi connectivity index (χ1n) is 2.65. The van der Waals surface area contributed by atoms with Crippen molar-refractivity contribution in [3.8, 4) is 0 Å². The minimum absolute atomic E-state index is 0.0191. The Bertz CT molecular complexity index is 223. The lowest BCUT2D eigenvalue weighted by molar-refractivity contribution is 0.151. The minimum atomic E-state index is -2.40. The average molecular weight is 206 g/mol. The van der Waals surface area contributed by atoms with Crippen molar-refractivity contribution in [2.75, 3.05) is 0 Å². The molecule has 0 saturated heterocycles. The first-order chi connectivity index (χ1) is 4.70. The van der Waals surface area contributed by atoms with Gasteiger partial charge in [0.25, 0.3) is 6.43 Å². The zero-order chi connectivity index (χ0) is 7.56. The summed E-state index contributed by atoms with van der Waals surface area (Å²) in [5, 5.41) is 0. The maximum atomic E-state index is 11.9. The lowest BCUT2D eigenvalue weighted by atomic mass is 10.2. The van der Waals surface area contributed by atoms with Crippen LogP contribution in [0, 0.1) is 6.07 Å². The van der Waals surface area contributed by atoms with Gasteiger partial charge >= 0.3 is 0 Å². The quantitative estimate of drug-likeness (QED) is 0.661. The molecule has 53 valence electrons. The Morgan fingerprint density at radius 1 is 1.50 bits per heavy atom. The van der Waals surface area contributed by atoms with Crippen LogP contribution in [0.2, 0.25) is 0 Å². The Balaban J connectivity index is 2.96. The predicted octanol–water partition coefficient (Wildman–Crippen LogP) is 3.19. The molecule has 1 aromatic carbocycles. The van der Waals surface area contributed by atoms with Gasteiger partial charge in [-0.15, -0.1) is 0 Å². The molecule has 1 radical (unpaired) electrons. The molecule has 0 atom stereocenters. The van der Waals surface area contributed by atoms with Crippen molar-refractivity contribution >= 4 is 15.9 Å². The Labute approximate surface area is 66.0 Å². The third-order valence-corrected chi connectivity index (χ3v) is 1.50. The molecule has 1 rings (SSSR count). The first-order valence-corrected chi connectivity index (χ1v) is 3.45. The van der Waals surface area contributed by atoms with Gasteiger partial charge in [0.1, 0.15) is 0 Å². The summed E-state index contributed by atoms with van der Waals surface area (Å²) in [4.78, 5) is 0. The first kappa shape index (κ1) is 7.66. The summed E-state index contributed by atoms with van der Waals surface area (Å²) in [5.41, 5.74) is 0.0191. The average Bonchev–Trinajstić information content (AvgIpc) is 1.88. The normalized spacial score (nSPS) is 10.4. The maximum Gasteiger partial charge on any atom is 0.263 e. The van der Waals surface area contributed by atoms with Gasteiger partial charge in [-0.25, -0.2) is 8.78 Å². The highest BCUT2D eigenvalue weighted by Crippen LogP contribution is 2.21. The third-order valence-electron chi connectivity index (χ3n) is 1.04. The Hall–Kier alpha value is -0.440. The standard InChI is InChI=1S/C7H4BrF2/c8-6-3-1-2-5(4-6)7(9)10/h1-2,4,7H. The lowest BCUT2D eigenvalue weighted by Crippen LogP contribution is -1.81. The number of rotatable bonds is 1. The molecule has 1 aromatic rings. The third kappa shape index (κ3) is 1.77. The van der Waals surface area contributed by atoms with Gasteiger partial charge in [0, 0.05) is 10.0 Å². The van der Waals surface area contributed by atoms with E-state index in [2.05, 4.69) is 22.0 Å². The molecular formula is C7H4BrF2. The smallest absolute Gasteiger partial charge is 0.205 e. The highest BCUT2D eigenvalue weighted by Gasteiger charge is 2.05. The van der Waals surface area contributed by atoms with Crippen LogP contribution in [0.1, 0.15) is 12.0 Å². The summed E-state index contributed by atoms with van der Waals surface area (Å²) >= 11 is 3.04. The van der Waals surface area contributed by atoms with Crippen molar-refractivity contribution in [3.05, 3.63) is 34.3 Å². The van der Waals surface area contributed by atoms with Crippen LogP contribution >= 0.6 is 15.9 Å². The second-order valence-electron chi connectivity index (χ2n) is 1.77. The van der Waals surface area contributed by atoms with E-state index in [1.807, 2.05) is 0 Å². The van der Waals surface area contributed by atoms with E-state index in [1.165, 1.54) is 18.2 Å². The van der Waals surface area contributed by atoms with Crippen LogP contribution < -0.4 is 0 Å². The number of hydrogen-bond donors (Lipinski definition) is 0. The molecule has 0 aliphatic heterocycles. The molecular weight excluding hydrogens is 202 g/mol. The molecule has 0 heterocycles. The fourth-order valence-corrected chi connectivity index (χ4v) is 0.986. The van der Waals surface area contributed by atoms with E-state index < -0.39 is 6.43 Å². The minimum Gasteiger partial charge on any atom is -0.205 e. The van der Waals surface area contributed by atoms with Crippen LogP contribution in [-0.4, -0.2) is 0 Å². The molecule has 0 N–H and O–H groups in total. The van der Waals surface area contributed by atoms with E-state index in [-0.39, 0.29) is 5.56 Å². The lowest BCUT2D eigenvalue weighted by Gasteiger charge is -1.97. The predicted molar refractivity (Wildman–Crippen MR) is 37.9 cm³/mol. The van der Waals surface area contributed by atoms with Crippen LogP contribution in [0.5, 0.6) is 0 Å². The van der Waals surface area contributed by atoms with E-state index in [0.29, 0.717) is 4.47 Å². The van der Waals surface area contributed by atoms with E-state index in [9.17, 15) is 8.78 Å². The van der Waals surface area contributed by atoms with Crippen LogP contribution in [0.3, 0.4) is 0 Å². The fourth-order valence-electron chi connectivity index (χ4n) is 0.589. The largest absolute Gasteiger partial charge is 0.263 e. The molecule has 3 heteroatoms. The molecule has 0 unspecified atom stereocenters. The summed E-state index contributed by atoms with van der Waals surface area (Å²) in [7, 11) is 0. The van der Waals surface area contributed by atoms with Crippen molar-refractivity contribution in [2.24, 2.45) is 0 Å². The Morgan fingerprint density at radius 3 is 2.60 bits per heavy atom. The van der Waals surface area contributed by atoms with E-state index in [1.54, 1.807) is 0 Å². The SMILES string of the molecule is FC(F)c1cc[c]c(Br)c1. The molecule has 0 aliphatic carbocycles. The van der Waals surface area contributed by atoms with Crippen molar-refractivity contribution in [1.29, 1.82) is 0 Å². The summed E-state index contributed by atoms with van der Waals surface area (Å²) in [6.45, 7) is 0. The fraction of sp³-hybridized carbons (Fsp3) is 0.143. The van der Waals surface area contributed by atoms with E-state index in [0.717, 1.165) is 0 Å². The van der Waals surface area contributed by atoms with Crippen molar-refractivity contribution in [1.82, 2.24) is 0 Å². The molecule has 0 nitrogen and oxygen atoms in total. The zero-order valence-corrected chi connectivity index (χ0v) is 6.53. The Morgan fingerprint density at radius 2 is 2.20 bits per heavy atom. The van der Waals surface area contributed by atoms with Gasteiger partial charge < -0.3 is 0 Å². The number of alkyl halides is 2. The second-order valence-corrected chi connectivity index (χ2v) is 2.62. The van der Waals surface area contributed by atoms with Crippen LogP contribution in [0.15, 0.2) is 22.7 Å². The second kappa shape index (κ2) is 3.10. The summed E-state index contributed by atoms with van der Waals surface area (Å²) in [5.74, 6) is 0. The molecule has 0 aromatic heterocycles. The van der Waals surface area contributed by atoms with Gasteiger partial charge in [0.05, 0.1) is 0 Å². The van der Waals surface area contributed by atoms with E-state index in [4.69, 9.17) is 0 Å². The van der Waals surface area contributed by atoms with Crippen LogP contribution in [0.4, 0.5) is 8.78 Å². The van der Waals surface area contributed by atoms with Gasteiger partial charge in [-0.3, -0.25) is 0 Å². The molecule has 0 amide bonds. The number of benzene rings is 1.